The molecule has 0 saturated heterocycles. The lowest BCUT2D eigenvalue weighted by Gasteiger charge is -2.03. The van der Waals surface area contributed by atoms with Gasteiger partial charge in [-0.2, -0.15) is 0 Å². The Balaban J connectivity index is 2.26. The van der Waals surface area contributed by atoms with E-state index in [1.165, 1.54) is 5.56 Å². The number of hydrogen-bond donors (Lipinski definition) is 0. The maximum atomic E-state index is 12.2. The van der Waals surface area contributed by atoms with Crippen LogP contribution in [0.25, 0.3) is 6.08 Å². The van der Waals surface area contributed by atoms with Gasteiger partial charge in [-0.1, -0.05) is 48.0 Å². The molecule has 0 bridgehead atoms. The van der Waals surface area contributed by atoms with Crippen LogP contribution >= 0.6 is 0 Å². The highest BCUT2D eigenvalue weighted by Gasteiger charge is 2.05. The SMILES string of the molecule is Cc1ccc(C)c(C(=O)/C=C/c2ccccc2C)c1. The molecule has 0 fully saturated rings. The summed E-state index contributed by atoms with van der Waals surface area (Å²) in [5.41, 5.74) is 5.17. The highest BCUT2D eigenvalue weighted by Crippen LogP contribution is 2.14. The number of benzene rings is 2. The van der Waals surface area contributed by atoms with E-state index in [0.29, 0.717) is 0 Å². The molecule has 1 nitrogen and oxygen atoms in total. The lowest BCUT2D eigenvalue weighted by atomic mass is 10.0. The molecule has 19 heavy (non-hydrogen) atoms. The van der Waals surface area contributed by atoms with E-state index in [0.717, 1.165) is 22.3 Å². The summed E-state index contributed by atoms with van der Waals surface area (Å²) in [6, 6.07) is 14.0. The highest BCUT2D eigenvalue weighted by molar-refractivity contribution is 6.07. The first-order valence-electron chi connectivity index (χ1n) is 6.43. The van der Waals surface area contributed by atoms with Crippen LogP contribution in [0.4, 0.5) is 0 Å². The molecule has 0 N–H and O–H groups in total. The van der Waals surface area contributed by atoms with Crippen LogP contribution in [0.3, 0.4) is 0 Å². The van der Waals surface area contributed by atoms with Crippen LogP contribution in [0.2, 0.25) is 0 Å². The van der Waals surface area contributed by atoms with Crippen LogP contribution < -0.4 is 0 Å². The molecule has 0 spiro atoms. The molecule has 0 unspecified atom stereocenters. The van der Waals surface area contributed by atoms with Gasteiger partial charge in [-0.25, -0.2) is 0 Å². The summed E-state index contributed by atoms with van der Waals surface area (Å²) in [5.74, 6) is 0.0597. The second-order valence-corrected chi connectivity index (χ2v) is 4.87. The second-order valence-electron chi connectivity index (χ2n) is 4.87. The Hall–Kier alpha value is -2.15. The topological polar surface area (TPSA) is 17.1 Å². The molecule has 0 atom stereocenters. The molecule has 96 valence electrons. The Labute approximate surface area is 114 Å². The van der Waals surface area contributed by atoms with E-state index in [9.17, 15) is 4.79 Å². The normalized spacial score (nSPS) is 10.9. The lowest BCUT2D eigenvalue weighted by Crippen LogP contribution is -1.98. The molecule has 0 aliphatic carbocycles. The van der Waals surface area contributed by atoms with Crippen molar-refractivity contribution in [1.82, 2.24) is 0 Å². The Bertz CT molecular complexity index is 636. The Kier molecular flexibility index (Phi) is 3.96. The minimum Gasteiger partial charge on any atom is -0.289 e. The molecule has 2 aromatic carbocycles. The van der Waals surface area contributed by atoms with Crippen LogP contribution in [-0.4, -0.2) is 5.78 Å². The number of ketones is 1. The van der Waals surface area contributed by atoms with Crippen molar-refractivity contribution in [3.63, 3.8) is 0 Å². The van der Waals surface area contributed by atoms with Gasteiger partial charge in [-0.15, -0.1) is 0 Å². The monoisotopic (exact) mass is 250 g/mol. The van der Waals surface area contributed by atoms with Crippen LogP contribution in [0, 0.1) is 20.8 Å². The van der Waals surface area contributed by atoms with Gasteiger partial charge in [0, 0.05) is 5.56 Å². The Morgan fingerprint density at radius 1 is 0.947 bits per heavy atom. The summed E-state index contributed by atoms with van der Waals surface area (Å²) in [4.78, 5) is 12.2. The molecule has 1 heteroatoms. The fraction of sp³-hybridized carbons (Fsp3) is 0.167. The predicted molar refractivity (Wildman–Crippen MR) is 80.5 cm³/mol. The van der Waals surface area contributed by atoms with E-state index < -0.39 is 0 Å². The zero-order valence-corrected chi connectivity index (χ0v) is 11.6. The maximum Gasteiger partial charge on any atom is 0.186 e. The molecule has 0 aromatic heterocycles. The van der Waals surface area contributed by atoms with E-state index in [4.69, 9.17) is 0 Å². The van der Waals surface area contributed by atoms with Gasteiger partial charge in [0.05, 0.1) is 0 Å². The third-order valence-corrected chi connectivity index (χ3v) is 3.26. The van der Waals surface area contributed by atoms with Crippen molar-refractivity contribution in [2.45, 2.75) is 20.8 Å². The largest absolute Gasteiger partial charge is 0.289 e. The molecule has 0 aliphatic rings. The van der Waals surface area contributed by atoms with Crippen molar-refractivity contribution >= 4 is 11.9 Å². The van der Waals surface area contributed by atoms with E-state index >= 15 is 0 Å². The van der Waals surface area contributed by atoms with Gasteiger partial charge in [0.25, 0.3) is 0 Å². The van der Waals surface area contributed by atoms with Gasteiger partial charge in [-0.05, 0) is 49.6 Å². The van der Waals surface area contributed by atoms with Crippen molar-refractivity contribution in [2.24, 2.45) is 0 Å². The van der Waals surface area contributed by atoms with Crippen molar-refractivity contribution in [1.29, 1.82) is 0 Å². The van der Waals surface area contributed by atoms with Crippen molar-refractivity contribution < 1.29 is 4.79 Å². The third-order valence-electron chi connectivity index (χ3n) is 3.26. The summed E-state index contributed by atoms with van der Waals surface area (Å²) >= 11 is 0. The van der Waals surface area contributed by atoms with Crippen LogP contribution in [0.1, 0.15) is 32.6 Å². The van der Waals surface area contributed by atoms with Crippen LogP contribution in [-0.2, 0) is 0 Å². The first kappa shape index (κ1) is 13.3. The smallest absolute Gasteiger partial charge is 0.186 e. The fourth-order valence-electron chi connectivity index (χ4n) is 2.03. The van der Waals surface area contributed by atoms with Gasteiger partial charge in [0.15, 0.2) is 5.78 Å². The minimum absolute atomic E-state index is 0.0597. The summed E-state index contributed by atoms with van der Waals surface area (Å²) < 4.78 is 0. The first-order valence-corrected chi connectivity index (χ1v) is 6.43. The summed E-state index contributed by atoms with van der Waals surface area (Å²) in [6.07, 6.45) is 3.55. The average molecular weight is 250 g/mol. The zero-order valence-electron chi connectivity index (χ0n) is 11.6. The molecule has 2 rings (SSSR count). The molecule has 0 radical (unpaired) electrons. The molecule has 2 aromatic rings. The Morgan fingerprint density at radius 2 is 1.68 bits per heavy atom. The van der Waals surface area contributed by atoms with Crippen LogP contribution in [0.5, 0.6) is 0 Å². The molecular weight excluding hydrogens is 232 g/mol. The third kappa shape index (κ3) is 3.19. The molecule has 0 aliphatic heterocycles. The quantitative estimate of drug-likeness (QED) is 0.578. The van der Waals surface area contributed by atoms with E-state index in [1.807, 2.05) is 69.3 Å². The molecular formula is C18H18O. The van der Waals surface area contributed by atoms with Gasteiger partial charge >= 0.3 is 0 Å². The minimum atomic E-state index is 0.0597. The maximum absolute atomic E-state index is 12.2. The number of carbonyl (C=O) groups is 1. The first-order chi connectivity index (χ1) is 9.08. The molecule has 0 heterocycles. The van der Waals surface area contributed by atoms with Gasteiger partial charge in [0.1, 0.15) is 0 Å². The van der Waals surface area contributed by atoms with Crippen molar-refractivity contribution in [3.05, 3.63) is 76.4 Å². The van der Waals surface area contributed by atoms with E-state index in [-0.39, 0.29) is 5.78 Å². The van der Waals surface area contributed by atoms with E-state index in [1.54, 1.807) is 6.08 Å². The highest BCUT2D eigenvalue weighted by atomic mass is 16.1. The number of hydrogen-bond acceptors (Lipinski definition) is 1. The van der Waals surface area contributed by atoms with Crippen molar-refractivity contribution in [3.8, 4) is 0 Å². The zero-order chi connectivity index (χ0) is 13.8. The Morgan fingerprint density at radius 3 is 2.42 bits per heavy atom. The van der Waals surface area contributed by atoms with Gasteiger partial charge in [0.2, 0.25) is 0 Å². The fourth-order valence-corrected chi connectivity index (χ4v) is 2.03. The number of rotatable bonds is 3. The summed E-state index contributed by atoms with van der Waals surface area (Å²) in [6.45, 7) is 6.01. The number of allylic oxidation sites excluding steroid dienone is 1. The summed E-state index contributed by atoms with van der Waals surface area (Å²) in [7, 11) is 0. The van der Waals surface area contributed by atoms with E-state index in [2.05, 4.69) is 0 Å². The predicted octanol–water partition coefficient (Wildman–Crippen LogP) is 4.51. The van der Waals surface area contributed by atoms with Gasteiger partial charge < -0.3 is 0 Å². The van der Waals surface area contributed by atoms with Gasteiger partial charge in [-0.3, -0.25) is 4.79 Å². The molecule has 0 saturated carbocycles. The standard InChI is InChI=1S/C18H18O/c1-13-8-9-15(3)17(12-13)18(19)11-10-16-7-5-4-6-14(16)2/h4-12H,1-3H3/b11-10+. The second kappa shape index (κ2) is 5.66. The molecule has 0 amide bonds. The summed E-state index contributed by atoms with van der Waals surface area (Å²) in [5, 5.41) is 0. The lowest BCUT2D eigenvalue weighted by molar-refractivity contribution is 0.104. The number of carbonyl (C=O) groups excluding carboxylic acids is 1. The average Bonchev–Trinajstić information content (AvgIpc) is 2.40. The number of aryl methyl sites for hydroxylation is 3. The van der Waals surface area contributed by atoms with Crippen LogP contribution in [0.15, 0.2) is 48.5 Å². The van der Waals surface area contributed by atoms with Crippen molar-refractivity contribution in [2.75, 3.05) is 0 Å².